The number of hydrogen-bond acceptors (Lipinski definition) is 4. The molecular weight excluding hydrogens is 396 g/mol. The van der Waals surface area contributed by atoms with Gasteiger partial charge < -0.3 is 15.7 Å². The molecule has 5 nitrogen and oxygen atoms in total. The van der Waals surface area contributed by atoms with Gasteiger partial charge in [0, 0.05) is 22.8 Å². The van der Waals surface area contributed by atoms with Gasteiger partial charge in [-0.05, 0) is 73.1 Å². The molecule has 166 valence electrons. The minimum absolute atomic E-state index is 0.0260. The van der Waals surface area contributed by atoms with Gasteiger partial charge in [0.1, 0.15) is 0 Å². The molecule has 0 aromatic carbocycles. The molecule has 0 unspecified atom stereocenters. The Hall–Kier alpha value is -1.40. The molecule has 3 aliphatic rings. The number of carbonyl (C=O) groups excluding carboxylic acids is 2. The van der Waals surface area contributed by atoms with Crippen LogP contribution in [0.2, 0.25) is 0 Å². The number of aliphatic hydroxyl groups excluding tert-OH is 1. The van der Waals surface area contributed by atoms with E-state index in [2.05, 4.69) is 24.5 Å². The predicted molar refractivity (Wildman–Crippen MR) is 119 cm³/mol. The Balaban J connectivity index is 1.41. The third kappa shape index (κ3) is 4.31. The summed E-state index contributed by atoms with van der Waals surface area (Å²) in [4.78, 5) is 26.3. The fourth-order valence-electron chi connectivity index (χ4n) is 6.09. The second-order valence-corrected chi connectivity index (χ2v) is 11.3. The van der Waals surface area contributed by atoms with Crippen molar-refractivity contribution < 1.29 is 14.7 Å². The molecule has 30 heavy (non-hydrogen) atoms. The third-order valence-corrected chi connectivity index (χ3v) is 9.11. The van der Waals surface area contributed by atoms with Crippen molar-refractivity contribution in [2.75, 3.05) is 0 Å². The fourth-order valence-corrected chi connectivity index (χ4v) is 6.73. The Morgan fingerprint density at radius 2 is 2.00 bits per heavy atom. The van der Waals surface area contributed by atoms with E-state index in [1.807, 2.05) is 24.4 Å². The van der Waals surface area contributed by atoms with E-state index in [1.165, 1.54) is 0 Å². The number of amides is 2. The lowest BCUT2D eigenvalue weighted by atomic mass is 9.51. The van der Waals surface area contributed by atoms with Crippen molar-refractivity contribution in [1.29, 1.82) is 0 Å². The van der Waals surface area contributed by atoms with E-state index in [4.69, 9.17) is 0 Å². The van der Waals surface area contributed by atoms with E-state index in [1.54, 1.807) is 11.3 Å². The lowest BCUT2D eigenvalue weighted by Crippen LogP contribution is -2.58. The van der Waals surface area contributed by atoms with Crippen molar-refractivity contribution in [2.24, 2.45) is 35.0 Å². The summed E-state index contributed by atoms with van der Waals surface area (Å²) < 4.78 is 0. The monoisotopic (exact) mass is 432 g/mol. The molecule has 0 saturated heterocycles. The van der Waals surface area contributed by atoms with Crippen molar-refractivity contribution in [1.82, 2.24) is 10.6 Å². The summed E-state index contributed by atoms with van der Waals surface area (Å²) in [5.74, 6) is 0.496. The van der Waals surface area contributed by atoms with E-state index in [9.17, 15) is 14.7 Å². The van der Waals surface area contributed by atoms with Gasteiger partial charge in [0.05, 0.1) is 12.6 Å². The smallest absolute Gasteiger partial charge is 0.223 e. The van der Waals surface area contributed by atoms with Gasteiger partial charge in [-0.2, -0.15) is 0 Å². The van der Waals surface area contributed by atoms with Gasteiger partial charge in [-0.25, -0.2) is 0 Å². The number of carbonyl (C=O) groups is 2. The maximum atomic E-state index is 12.8. The number of hydrogen-bond donors (Lipinski definition) is 3. The van der Waals surface area contributed by atoms with Crippen LogP contribution in [0.3, 0.4) is 0 Å². The van der Waals surface area contributed by atoms with Crippen molar-refractivity contribution in [2.45, 2.75) is 78.0 Å². The first-order valence-electron chi connectivity index (χ1n) is 11.6. The van der Waals surface area contributed by atoms with E-state index >= 15 is 0 Å². The zero-order valence-corrected chi connectivity index (χ0v) is 19.2. The van der Waals surface area contributed by atoms with Crippen LogP contribution < -0.4 is 10.6 Å². The van der Waals surface area contributed by atoms with Crippen LogP contribution in [0.5, 0.6) is 0 Å². The quantitative estimate of drug-likeness (QED) is 0.641. The van der Waals surface area contributed by atoms with Crippen LogP contribution in [0.1, 0.15) is 64.2 Å². The van der Waals surface area contributed by atoms with Crippen LogP contribution in [-0.4, -0.2) is 29.1 Å². The Kier molecular flexibility index (Phi) is 6.27. The van der Waals surface area contributed by atoms with Crippen molar-refractivity contribution in [3.63, 3.8) is 0 Å². The van der Waals surface area contributed by atoms with E-state index in [0.29, 0.717) is 6.54 Å². The predicted octanol–water partition coefficient (Wildman–Crippen LogP) is 3.72. The first kappa shape index (κ1) is 21.8. The van der Waals surface area contributed by atoms with Crippen LogP contribution in [-0.2, 0) is 16.1 Å². The summed E-state index contributed by atoms with van der Waals surface area (Å²) >= 11 is 1.64. The molecule has 0 bridgehead atoms. The second-order valence-electron chi connectivity index (χ2n) is 10.2. The van der Waals surface area contributed by atoms with E-state index in [-0.39, 0.29) is 52.9 Å². The maximum Gasteiger partial charge on any atom is 0.223 e. The molecule has 0 radical (unpaired) electrons. The van der Waals surface area contributed by atoms with Crippen LogP contribution in [0.15, 0.2) is 17.5 Å². The topological polar surface area (TPSA) is 78.4 Å². The summed E-state index contributed by atoms with van der Waals surface area (Å²) in [6, 6.07) is 4.15. The highest BCUT2D eigenvalue weighted by Crippen LogP contribution is 2.55. The maximum absolute atomic E-state index is 12.8. The fraction of sp³-hybridized carbons (Fsp3) is 0.750. The van der Waals surface area contributed by atoms with E-state index < -0.39 is 6.10 Å². The molecule has 2 amide bonds. The zero-order valence-electron chi connectivity index (χ0n) is 18.4. The van der Waals surface area contributed by atoms with Crippen molar-refractivity contribution in [3.05, 3.63) is 22.4 Å². The van der Waals surface area contributed by atoms with Gasteiger partial charge in [0.25, 0.3) is 0 Å². The third-order valence-electron chi connectivity index (χ3n) is 8.24. The number of thiophene rings is 1. The molecular formula is C24H36N2O3S. The molecule has 0 spiro atoms. The average molecular weight is 433 g/mol. The van der Waals surface area contributed by atoms with Gasteiger partial charge in [0.2, 0.25) is 11.8 Å². The number of rotatable bonds is 6. The summed E-state index contributed by atoms with van der Waals surface area (Å²) in [6.07, 6.45) is 5.44. The highest BCUT2D eigenvalue weighted by molar-refractivity contribution is 7.09. The van der Waals surface area contributed by atoms with Crippen molar-refractivity contribution in [3.8, 4) is 0 Å². The summed E-state index contributed by atoms with van der Waals surface area (Å²) in [7, 11) is 0. The molecule has 3 aliphatic carbocycles. The molecule has 4 rings (SSSR count). The van der Waals surface area contributed by atoms with Gasteiger partial charge >= 0.3 is 0 Å². The molecule has 3 saturated carbocycles. The van der Waals surface area contributed by atoms with Crippen LogP contribution in [0.4, 0.5) is 0 Å². The Labute approximate surface area is 184 Å². The average Bonchev–Trinajstić information content (AvgIpc) is 3.44. The van der Waals surface area contributed by atoms with Gasteiger partial charge in [0.15, 0.2) is 0 Å². The Bertz CT molecular complexity index is 763. The molecule has 6 heteroatoms. The van der Waals surface area contributed by atoms with Crippen LogP contribution >= 0.6 is 11.3 Å². The minimum Gasteiger partial charge on any atom is -0.392 e. The number of aliphatic hydroxyl groups is 1. The highest BCUT2D eigenvalue weighted by Gasteiger charge is 2.54. The summed E-state index contributed by atoms with van der Waals surface area (Å²) in [6.45, 7) is 7.00. The van der Waals surface area contributed by atoms with Gasteiger partial charge in [-0.3, -0.25) is 9.59 Å². The number of nitrogens with one attached hydrogen (secondary N) is 2. The molecule has 3 N–H and O–H groups in total. The second kappa shape index (κ2) is 8.62. The molecule has 3 fully saturated rings. The zero-order chi connectivity index (χ0) is 21.5. The van der Waals surface area contributed by atoms with Crippen LogP contribution in [0.25, 0.3) is 0 Å². The van der Waals surface area contributed by atoms with Crippen LogP contribution in [0, 0.1) is 35.0 Å². The highest BCUT2D eigenvalue weighted by atomic mass is 32.1. The Morgan fingerprint density at radius 3 is 2.67 bits per heavy atom. The molecule has 1 aromatic heterocycles. The molecule has 7 atom stereocenters. The van der Waals surface area contributed by atoms with Gasteiger partial charge in [-0.1, -0.05) is 26.8 Å². The summed E-state index contributed by atoms with van der Waals surface area (Å²) in [5, 5.41) is 19.8. The van der Waals surface area contributed by atoms with E-state index in [0.717, 1.165) is 43.4 Å². The summed E-state index contributed by atoms with van der Waals surface area (Å²) in [5.41, 5.74) is 0.0866. The largest absolute Gasteiger partial charge is 0.392 e. The molecule has 1 aromatic rings. The minimum atomic E-state index is -0.512. The lowest BCUT2D eigenvalue weighted by Gasteiger charge is -2.56. The molecule has 0 aliphatic heterocycles. The SMILES string of the molecule is C[C@@H]1[C@@H]2[C@@H](O)[C@@H]([C@H](C)C(=O)NCc3cccs3)CC[C@]2(C)CC[C@@H]1NC(=O)C1CC1. The standard InChI is InChI=1S/C24H36N2O3S/c1-14(22(28)25-13-17-5-4-12-30-17)18-8-10-24(3)11-9-19(15(2)20(24)21(18)27)26-23(29)16-6-7-16/h4-5,12,14-16,18-21,27H,6-11,13H2,1-3H3,(H,25,28)(H,26,29)/t14-,15-,18+,19-,20+,21-,24+/m0/s1. The normalized spacial score (nSPS) is 37.1. The van der Waals surface area contributed by atoms with Gasteiger partial charge in [-0.15, -0.1) is 11.3 Å². The van der Waals surface area contributed by atoms with Crippen molar-refractivity contribution >= 4 is 23.2 Å². The lowest BCUT2D eigenvalue weighted by molar-refractivity contribution is -0.144. The molecule has 1 heterocycles. The Morgan fingerprint density at radius 1 is 1.27 bits per heavy atom. The first-order chi connectivity index (χ1) is 14.3. The number of fused-ring (bicyclic) bond motifs is 1. The first-order valence-corrected chi connectivity index (χ1v) is 12.5.